The first-order valence-corrected chi connectivity index (χ1v) is 7.47. The first-order valence-electron chi connectivity index (χ1n) is 6.59. The molecule has 0 atom stereocenters. The maximum atomic E-state index is 9.23. The van der Waals surface area contributed by atoms with Crippen molar-refractivity contribution < 1.29 is 4.74 Å². The number of aromatic nitrogens is 2. The van der Waals surface area contributed by atoms with Gasteiger partial charge in [-0.15, -0.1) is 11.3 Å². The molecule has 0 fully saturated rings. The van der Waals surface area contributed by atoms with Crippen molar-refractivity contribution in [1.29, 1.82) is 5.26 Å². The smallest absolute Gasteiger partial charge is 0.148 e. The van der Waals surface area contributed by atoms with Crippen molar-refractivity contribution in [1.82, 2.24) is 9.97 Å². The summed E-state index contributed by atoms with van der Waals surface area (Å²) in [5.41, 5.74) is 4.19. The Bertz CT molecular complexity index is 820. The van der Waals surface area contributed by atoms with E-state index in [9.17, 15) is 5.26 Å². The highest BCUT2D eigenvalue weighted by atomic mass is 32.1. The summed E-state index contributed by atoms with van der Waals surface area (Å²) in [6.45, 7) is 2.51. The molecule has 0 radical (unpaired) electrons. The monoisotopic (exact) mass is 295 g/mol. The van der Waals surface area contributed by atoms with Crippen LogP contribution < -0.4 is 4.74 Å². The van der Waals surface area contributed by atoms with Gasteiger partial charge in [0.1, 0.15) is 17.4 Å². The molecule has 3 rings (SSSR count). The number of benzene rings is 1. The third-order valence-corrected chi connectivity index (χ3v) is 4.26. The standard InChI is InChI=1S/C16H13N3OS/c1-11-15(21-10-19-11)6-7-20-16-12(8-17)9-18-14-5-3-2-4-13(14)16/h2-5,9-10H,6-7H2,1H3. The lowest BCUT2D eigenvalue weighted by Gasteiger charge is -2.10. The molecule has 5 heteroatoms. The molecule has 21 heavy (non-hydrogen) atoms. The SMILES string of the molecule is Cc1ncsc1CCOc1c(C#N)cnc2ccccc12. The summed E-state index contributed by atoms with van der Waals surface area (Å²) in [5.74, 6) is 0.616. The van der Waals surface area contributed by atoms with Crippen molar-refractivity contribution in [3.05, 3.63) is 52.1 Å². The predicted octanol–water partition coefficient (Wildman–Crippen LogP) is 3.49. The van der Waals surface area contributed by atoms with Crippen LogP contribution in [0.5, 0.6) is 5.75 Å². The molecule has 0 saturated heterocycles. The van der Waals surface area contributed by atoms with Gasteiger partial charge in [0.15, 0.2) is 0 Å². The number of ether oxygens (including phenoxy) is 1. The highest BCUT2D eigenvalue weighted by Crippen LogP contribution is 2.28. The minimum Gasteiger partial charge on any atom is -0.491 e. The van der Waals surface area contributed by atoms with Gasteiger partial charge < -0.3 is 4.74 Å². The molecule has 4 nitrogen and oxygen atoms in total. The minimum atomic E-state index is 0.467. The summed E-state index contributed by atoms with van der Waals surface area (Å²) in [7, 11) is 0. The Labute approximate surface area is 126 Å². The Morgan fingerprint density at radius 1 is 1.29 bits per heavy atom. The number of nitriles is 1. The van der Waals surface area contributed by atoms with Crippen molar-refractivity contribution in [3.63, 3.8) is 0 Å². The predicted molar refractivity (Wildman–Crippen MR) is 82.5 cm³/mol. The Morgan fingerprint density at radius 3 is 2.90 bits per heavy atom. The van der Waals surface area contributed by atoms with Gasteiger partial charge in [-0.1, -0.05) is 12.1 Å². The van der Waals surface area contributed by atoms with E-state index in [1.54, 1.807) is 17.5 Å². The Balaban J connectivity index is 1.86. The fraction of sp³-hybridized carbons (Fsp3) is 0.188. The largest absolute Gasteiger partial charge is 0.491 e. The molecule has 0 amide bonds. The zero-order valence-electron chi connectivity index (χ0n) is 11.5. The average molecular weight is 295 g/mol. The maximum absolute atomic E-state index is 9.23. The molecule has 3 aromatic rings. The van der Waals surface area contributed by atoms with E-state index in [-0.39, 0.29) is 0 Å². The first-order chi connectivity index (χ1) is 10.3. The number of hydrogen-bond donors (Lipinski definition) is 0. The number of aryl methyl sites for hydroxylation is 1. The second-order valence-corrected chi connectivity index (χ2v) is 5.53. The van der Waals surface area contributed by atoms with Gasteiger partial charge in [-0.3, -0.25) is 4.98 Å². The molecule has 0 spiro atoms. The van der Waals surface area contributed by atoms with E-state index in [0.717, 1.165) is 23.0 Å². The molecular weight excluding hydrogens is 282 g/mol. The van der Waals surface area contributed by atoms with Crippen LogP contribution in [0.15, 0.2) is 36.0 Å². The van der Waals surface area contributed by atoms with Gasteiger partial charge in [-0.2, -0.15) is 5.26 Å². The fourth-order valence-electron chi connectivity index (χ4n) is 2.16. The Hall–Kier alpha value is -2.45. The van der Waals surface area contributed by atoms with Crippen LogP contribution in [0.1, 0.15) is 16.1 Å². The third kappa shape index (κ3) is 2.71. The van der Waals surface area contributed by atoms with E-state index >= 15 is 0 Å². The van der Waals surface area contributed by atoms with Crippen LogP contribution >= 0.6 is 11.3 Å². The normalized spacial score (nSPS) is 10.5. The minimum absolute atomic E-state index is 0.467. The van der Waals surface area contributed by atoms with Crippen LogP contribution in [-0.4, -0.2) is 16.6 Å². The van der Waals surface area contributed by atoms with Crippen LogP contribution in [0.4, 0.5) is 0 Å². The number of rotatable bonds is 4. The molecule has 2 heterocycles. The van der Waals surface area contributed by atoms with Crippen molar-refractivity contribution in [2.24, 2.45) is 0 Å². The molecule has 0 unspecified atom stereocenters. The topological polar surface area (TPSA) is 58.8 Å². The Morgan fingerprint density at radius 2 is 2.14 bits per heavy atom. The highest BCUT2D eigenvalue weighted by molar-refractivity contribution is 7.09. The van der Waals surface area contributed by atoms with Crippen LogP contribution in [0, 0.1) is 18.3 Å². The summed E-state index contributed by atoms with van der Waals surface area (Å²) in [4.78, 5) is 9.72. The van der Waals surface area contributed by atoms with Crippen molar-refractivity contribution >= 4 is 22.2 Å². The number of hydrogen-bond acceptors (Lipinski definition) is 5. The molecule has 0 bridgehead atoms. The lowest BCUT2D eigenvalue weighted by atomic mass is 10.1. The molecule has 0 aliphatic heterocycles. The van der Waals surface area contributed by atoms with Gasteiger partial charge in [0, 0.05) is 22.9 Å². The second-order valence-electron chi connectivity index (χ2n) is 4.59. The van der Waals surface area contributed by atoms with Gasteiger partial charge in [0.05, 0.1) is 23.3 Å². The number of fused-ring (bicyclic) bond motifs is 1. The third-order valence-electron chi connectivity index (χ3n) is 3.27. The number of pyridine rings is 1. The zero-order chi connectivity index (χ0) is 14.7. The second kappa shape index (κ2) is 5.90. The van der Waals surface area contributed by atoms with E-state index in [4.69, 9.17) is 4.74 Å². The first kappa shape index (κ1) is 13.5. The lowest BCUT2D eigenvalue weighted by Crippen LogP contribution is -2.03. The fourth-order valence-corrected chi connectivity index (χ4v) is 2.93. The summed E-state index contributed by atoms with van der Waals surface area (Å²) in [6, 6.07) is 9.83. The van der Waals surface area contributed by atoms with E-state index in [1.165, 1.54) is 4.88 Å². The van der Waals surface area contributed by atoms with E-state index in [0.29, 0.717) is 17.9 Å². The van der Waals surface area contributed by atoms with Gasteiger partial charge in [0.2, 0.25) is 0 Å². The number of para-hydroxylation sites is 1. The average Bonchev–Trinajstić information content (AvgIpc) is 2.93. The molecule has 0 aliphatic carbocycles. The molecule has 0 N–H and O–H groups in total. The van der Waals surface area contributed by atoms with Crippen LogP contribution in [0.2, 0.25) is 0 Å². The van der Waals surface area contributed by atoms with Crippen molar-refractivity contribution in [2.75, 3.05) is 6.61 Å². The summed E-state index contributed by atoms with van der Waals surface area (Å²) >= 11 is 1.63. The van der Waals surface area contributed by atoms with Gasteiger partial charge >= 0.3 is 0 Å². The van der Waals surface area contributed by atoms with Crippen LogP contribution in [0.3, 0.4) is 0 Å². The molecule has 0 saturated carbocycles. The van der Waals surface area contributed by atoms with E-state index < -0.39 is 0 Å². The van der Waals surface area contributed by atoms with Crippen molar-refractivity contribution in [2.45, 2.75) is 13.3 Å². The molecular formula is C16H13N3OS. The van der Waals surface area contributed by atoms with Gasteiger partial charge in [0.25, 0.3) is 0 Å². The van der Waals surface area contributed by atoms with Gasteiger partial charge in [-0.05, 0) is 19.1 Å². The van der Waals surface area contributed by atoms with E-state index in [2.05, 4.69) is 16.0 Å². The summed E-state index contributed by atoms with van der Waals surface area (Å²) in [5, 5.41) is 10.1. The highest BCUT2D eigenvalue weighted by Gasteiger charge is 2.10. The van der Waals surface area contributed by atoms with E-state index in [1.807, 2.05) is 36.7 Å². The molecule has 104 valence electrons. The lowest BCUT2D eigenvalue weighted by molar-refractivity contribution is 0.325. The quantitative estimate of drug-likeness (QED) is 0.739. The Kier molecular flexibility index (Phi) is 3.80. The zero-order valence-corrected chi connectivity index (χ0v) is 12.4. The number of nitrogens with zero attached hydrogens (tertiary/aromatic N) is 3. The number of thiazole rings is 1. The van der Waals surface area contributed by atoms with Crippen LogP contribution in [0.25, 0.3) is 10.9 Å². The maximum Gasteiger partial charge on any atom is 0.148 e. The molecule has 1 aromatic carbocycles. The summed E-state index contributed by atoms with van der Waals surface area (Å²) < 4.78 is 5.89. The van der Waals surface area contributed by atoms with Crippen LogP contribution in [-0.2, 0) is 6.42 Å². The summed E-state index contributed by atoms with van der Waals surface area (Å²) in [6.07, 6.45) is 2.35. The van der Waals surface area contributed by atoms with Crippen molar-refractivity contribution in [3.8, 4) is 11.8 Å². The molecule has 0 aliphatic rings. The van der Waals surface area contributed by atoms with Gasteiger partial charge in [-0.25, -0.2) is 4.98 Å². The molecule has 2 aromatic heterocycles.